The van der Waals surface area contributed by atoms with Gasteiger partial charge in [0.05, 0.1) is 17.3 Å². The van der Waals surface area contributed by atoms with E-state index in [-0.39, 0.29) is 0 Å². The summed E-state index contributed by atoms with van der Waals surface area (Å²) in [6.45, 7) is 0. The van der Waals surface area contributed by atoms with E-state index in [4.69, 9.17) is 4.42 Å². The maximum Gasteiger partial charge on any atom is 0.159 e. The summed E-state index contributed by atoms with van der Waals surface area (Å²) in [5.41, 5.74) is 13.0. The topological polar surface area (TPSA) is 40.2 Å². The third-order valence-corrected chi connectivity index (χ3v) is 9.76. The number of nitrogens with zero attached hydrogens (tertiary/aromatic N) is 2. The van der Waals surface area contributed by atoms with Crippen molar-refractivity contribution in [1.29, 1.82) is 5.26 Å². The highest BCUT2D eigenvalue weighted by Gasteiger charge is 2.25. The van der Waals surface area contributed by atoms with Crippen LogP contribution in [-0.4, -0.2) is 0 Å². The monoisotopic (exact) mass is 610 g/mol. The van der Waals surface area contributed by atoms with Crippen LogP contribution in [0.3, 0.4) is 0 Å². The van der Waals surface area contributed by atoms with Crippen molar-refractivity contribution in [2.75, 3.05) is 4.90 Å². The molecule has 0 bridgehead atoms. The first-order valence-corrected chi connectivity index (χ1v) is 16.1. The number of hydrogen-bond donors (Lipinski definition) is 0. The molecule has 1 aliphatic rings. The second kappa shape index (κ2) is 10.2. The first kappa shape index (κ1) is 26.6. The lowest BCUT2D eigenvalue weighted by Gasteiger charge is -2.28. The van der Waals surface area contributed by atoms with Gasteiger partial charge in [0, 0.05) is 22.1 Å². The van der Waals surface area contributed by atoms with Gasteiger partial charge < -0.3 is 9.32 Å². The Balaban J connectivity index is 1.08. The second-order valence-corrected chi connectivity index (χ2v) is 12.5. The standard InChI is InChI=1S/C45H26N2O/c46-27-28-13-15-29(16-14-28)30-17-18-31-23-39-41(25-33(31)21-30)40-24-32-19-20-36(22-34(32)26-42(39)40)47(35-7-2-1-3-8-35)43-11-6-10-38-37-9-4-5-12-44(37)48-45(38)43/h1-26H. The Bertz CT molecular complexity index is 2790. The van der Waals surface area contributed by atoms with Crippen LogP contribution in [0.15, 0.2) is 162 Å². The van der Waals surface area contributed by atoms with Crippen LogP contribution in [0.5, 0.6) is 0 Å². The number of nitriles is 1. The fraction of sp³-hybridized carbons (Fsp3) is 0. The van der Waals surface area contributed by atoms with E-state index < -0.39 is 0 Å². The highest BCUT2D eigenvalue weighted by molar-refractivity contribution is 6.13. The lowest BCUT2D eigenvalue weighted by atomic mass is 9.77. The molecule has 222 valence electrons. The van der Waals surface area contributed by atoms with Gasteiger partial charge in [0.1, 0.15) is 5.58 Å². The zero-order chi connectivity index (χ0) is 31.8. The number of benzene rings is 8. The molecule has 1 aromatic heterocycles. The average Bonchev–Trinajstić information content (AvgIpc) is 3.53. The molecule has 8 aromatic carbocycles. The van der Waals surface area contributed by atoms with Crippen molar-refractivity contribution in [1.82, 2.24) is 0 Å². The van der Waals surface area contributed by atoms with Crippen molar-refractivity contribution in [3.63, 3.8) is 0 Å². The average molecular weight is 611 g/mol. The highest BCUT2D eigenvalue weighted by atomic mass is 16.3. The molecule has 48 heavy (non-hydrogen) atoms. The Morgan fingerprint density at radius 3 is 1.83 bits per heavy atom. The number of para-hydroxylation sites is 3. The van der Waals surface area contributed by atoms with Crippen LogP contribution in [0.25, 0.3) is 76.9 Å². The van der Waals surface area contributed by atoms with E-state index in [1.807, 2.05) is 36.4 Å². The Morgan fingerprint density at radius 2 is 1.08 bits per heavy atom. The normalized spacial score (nSPS) is 11.7. The van der Waals surface area contributed by atoms with Crippen LogP contribution in [0.2, 0.25) is 0 Å². The van der Waals surface area contributed by atoms with Gasteiger partial charge in [-0.25, -0.2) is 0 Å². The van der Waals surface area contributed by atoms with Gasteiger partial charge in [-0.1, -0.05) is 78.9 Å². The molecule has 0 fully saturated rings. The maximum atomic E-state index is 9.18. The molecule has 0 amide bonds. The van der Waals surface area contributed by atoms with Crippen molar-refractivity contribution in [3.8, 4) is 39.4 Å². The van der Waals surface area contributed by atoms with Crippen LogP contribution in [0.1, 0.15) is 5.56 Å². The van der Waals surface area contributed by atoms with Crippen molar-refractivity contribution in [2.24, 2.45) is 0 Å². The van der Waals surface area contributed by atoms with Crippen molar-refractivity contribution in [3.05, 3.63) is 163 Å². The molecule has 0 aliphatic heterocycles. The van der Waals surface area contributed by atoms with Gasteiger partial charge in [0.25, 0.3) is 0 Å². The summed E-state index contributed by atoms with van der Waals surface area (Å²) in [5.74, 6) is 0. The van der Waals surface area contributed by atoms with Gasteiger partial charge in [0.2, 0.25) is 0 Å². The fourth-order valence-electron chi connectivity index (χ4n) is 7.38. The third-order valence-electron chi connectivity index (χ3n) is 9.76. The molecule has 0 radical (unpaired) electrons. The van der Waals surface area contributed by atoms with Gasteiger partial charge in [-0.05, 0) is 134 Å². The zero-order valence-corrected chi connectivity index (χ0v) is 25.8. The molecule has 0 spiro atoms. The third kappa shape index (κ3) is 4.00. The Morgan fingerprint density at radius 1 is 0.458 bits per heavy atom. The summed E-state index contributed by atoms with van der Waals surface area (Å²) >= 11 is 0. The van der Waals surface area contributed by atoms with E-state index in [9.17, 15) is 5.26 Å². The van der Waals surface area contributed by atoms with Gasteiger partial charge in [-0.3, -0.25) is 0 Å². The highest BCUT2D eigenvalue weighted by Crippen LogP contribution is 2.51. The molecule has 0 saturated heterocycles. The molecule has 1 heterocycles. The van der Waals surface area contributed by atoms with E-state index in [1.54, 1.807) is 0 Å². The fourth-order valence-corrected chi connectivity index (χ4v) is 7.38. The summed E-state index contributed by atoms with van der Waals surface area (Å²) < 4.78 is 6.50. The van der Waals surface area contributed by atoms with Crippen LogP contribution >= 0.6 is 0 Å². The van der Waals surface area contributed by atoms with E-state index in [0.717, 1.165) is 50.1 Å². The van der Waals surface area contributed by atoms with Gasteiger partial charge in [-0.15, -0.1) is 0 Å². The molecule has 1 aliphatic carbocycles. The molecule has 0 saturated carbocycles. The predicted molar refractivity (Wildman–Crippen MR) is 198 cm³/mol. The molecular formula is C45H26N2O. The summed E-state index contributed by atoms with van der Waals surface area (Å²) in [5, 5.41) is 16.3. The van der Waals surface area contributed by atoms with Gasteiger partial charge in [0.15, 0.2) is 5.58 Å². The molecule has 3 heteroatoms. The number of fused-ring (bicyclic) bond motifs is 9. The van der Waals surface area contributed by atoms with Crippen LogP contribution < -0.4 is 4.90 Å². The Labute approximate surface area is 277 Å². The quantitative estimate of drug-likeness (QED) is 0.199. The van der Waals surface area contributed by atoms with E-state index >= 15 is 0 Å². The predicted octanol–water partition coefficient (Wildman–Crippen LogP) is 12.5. The SMILES string of the molecule is N#Cc1ccc(-c2ccc3cc4c(cc3c2)-c2cc3ccc(N(c5ccccc5)c5cccc6c5oc5ccccc56)cc3cc2-4)cc1. The lowest BCUT2D eigenvalue weighted by Crippen LogP contribution is -2.10. The number of rotatable bonds is 4. The summed E-state index contributed by atoms with van der Waals surface area (Å²) in [6.07, 6.45) is 0. The molecule has 3 nitrogen and oxygen atoms in total. The number of hydrogen-bond acceptors (Lipinski definition) is 3. The van der Waals surface area contributed by atoms with Crippen LogP contribution in [0.4, 0.5) is 17.1 Å². The summed E-state index contributed by atoms with van der Waals surface area (Å²) in [7, 11) is 0. The van der Waals surface area contributed by atoms with Crippen LogP contribution in [0, 0.1) is 11.3 Å². The number of furan rings is 1. The van der Waals surface area contributed by atoms with Crippen molar-refractivity contribution >= 4 is 60.5 Å². The van der Waals surface area contributed by atoms with E-state index in [0.29, 0.717) is 5.56 Å². The molecule has 10 rings (SSSR count). The minimum atomic E-state index is 0.674. The molecular weight excluding hydrogens is 585 g/mol. The number of anilines is 3. The lowest BCUT2D eigenvalue weighted by molar-refractivity contribution is 0.669. The second-order valence-electron chi connectivity index (χ2n) is 12.5. The summed E-state index contributed by atoms with van der Waals surface area (Å²) in [6, 6.07) is 57.9. The largest absolute Gasteiger partial charge is 0.454 e. The van der Waals surface area contributed by atoms with Crippen molar-refractivity contribution in [2.45, 2.75) is 0 Å². The van der Waals surface area contributed by atoms with Crippen molar-refractivity contribution < 1.29 is 4.42 Å². The first-order chi connectivity index (χ1) is 23.7. The van der Waals surface area contributed by atoms with Crippen LogP contribution in [-0.2, 0) is 0 Å². The summed E-state index contributed by atoms with van der Waals surface area (Å²) in [4.78, 5) is 2.30. The smallest absolute Gasteiger partial charge is 0.159 e. The molecule has 0 unspecified atom stereocenters. The maximum absolute atomic E-state index is 9.18. The van der Waals surface area contributed by atoms with E-state index in [1.165, 1.54) is 43.8 Å². The Kier molecular flexibility index (Phi) is 5.64. The minimum absolute atomic E-state index is 0.674. The zero-order valence-electron chi connectivity index (χ0n) is 25.8. The first-order valence-electron chi connectivity index (χ1n) is 16.1. The Hall–Kier alpha value is -6.63. The van der Waals surface area contributed by atoms with Gasteiger partial charge >= 0.3 is 0 Å². The molecule has 0 N–H and O–H groups in total. The van der Waals surface area contributed by atoms with E-state index in [2.05, 4.69) is 132 Å². The van der Waals surface area contributed by atoms with Gasteiger partial charge in [-0.2, -0.15) is 5.26 Å². The molecule has 0 atom stereocenters. The minimum Gasteiger partial charge on any atom is -0.454 e. The molecule has 9 aromatic rings.